The molecule has 0 aromatic heterocycles. The van der Waals surface area contributed by atoms with Crippen LogP contribution in [0.3, 0.4) is 0 Å². The Labute approximate surface area is 107 Å². The van der Waals surface area contributed by atoms with Gasteiger partial charge in [0.1, 0.15) is 0 Å². The molecule has 94 valence electrons. The van der Waals surface area contributed by atoms with Gasteiger partial charge in [0.15, 0.2) is 9.84 Å². The summed E-state index contributed by atoms with van der Waals surface area (Å²) in [5, 5.41) is 3.30. The van der Waals surface area contributed by atoms with E-state index >= 15 is 0 Å². The average Bonchev–Trinajstić information content (AvgIpc) is 3.06. The second-order valence-corrected chi connectivity index (χ2v) is 7.07. The number of alkyl halides is 1. The summed E-state index contributed by atoms with van der Waals surface area (Å²) in [5.41, 5.74) is 1.20. The van der Waals surface area contributed by atoms with Crippen LogP contribution in [0.5, 0.6) is 0 Å². The second kappa shape index (κ2) is 4.50. The SMILES string of the molecule is CS(=O)(=O)c1ccc(NCC2(CCl)CC2)cc1. The van der Waals surface area contributed by atoms with Gasteiger partial charge >= 0.3 is 0 Å². The minimum Gasteiger partial charge on any atom is -0.384 e. The topological polar surface area (TPSA) is 46.2 Å². The second-order valence-electron chi connectivity index (χ2n) is 4.78. The van der Waals surface area contributed by atoms with Crippen molar-refractivity contribution in [1.82, 2.24) is 0 Å². The van der Waals surface area contributed by atoms with Crippen molar-refractivity contribution in [2.45, 2.75) is 17.7 Å². The van der Waals surface area contributed by atoms with Gasteiger partial charge < -0.3 is 5.32 Å². The van der Waals surface area contributed by atoms with Gasteiger partial charge in [-0.05, 0) is 37.1 Å². The monoisotopic (exact) mass is 273 g/mol. The van der Waals surface area contributed by atoms with Crippen LogP contribution in [-0.2, 0) is 9.84 Å². The van der Waals surface area contributed by atoms with Gasteiger partial charge in [0.25, 0.3) is 0 Å². The molecule has 0 spiro atoms. The molecule has 17 heavy (non-hydrogen) atoms. The van der Waals surface area contributed by atoms with E-state index < -0.39 is 9.84 Å². The summed E-state index contributed by atoms with van der Waals surface area (Å²) in [4.78, 5) is 0.349. The Bertz CT molecular complexity index is 492. The van der Waals surface area contributed by atoms with Crippen LogP contribution in [0.1, 0.15) is 12.8 Å². The van der Waals surface area contributed by atoms with Gasteiger partial charge in [-0.15, -0.1) is 11.6 Å². The molecule has 3 nitrogen and oxygen atoms in total. The summed E-state index contributed by atoms with van der Waals surface area (Å²) in [6.45, 7) is 0.856. The Kier molecular flexibility index (Phi) is 3.36. The molecule has 0 saturated heterocycles. The molecule has 5 heteroatoms. The van der Waals surface area contributed by atoms with E-state index in [-0.39, 0.29) is 5.41 Å². The summed E-state index contributed by atoms with van der Waals surface area (Å²) in [7, 11) is -3.10. The Morgan fingerprint density at radius 2 is 1.88 bits per heavy atom. The first-order valence-corrected chi connectivity index (χ1v) is 7.98. The number of anilines is 1. The maximum absolute atomic E-state index is 11.3. The third-order valence-electron chi connectivity index (χ3n) is 3.19. The van der Waals surface area contributed by atoms with Gasteiger partial charge in [-0.25, -0.2) is 8.42 Å². The summed E-state index contributed by atoms with van der Waals surface area (Å²) in [5.74, 6) is 0.682. The van der Waals surface area contributed by atoms with Gasteiger partial charge in [-0.1, -0.05) is 0 Å². The van der Waals surface area contributed by atoms with Crippen molar-refractivity contribution in [3.05, 3.63) is 24.3 Å². The highest BCUT2D eigenvalue weighted by Crippen LogP contribution is 2.46. The van der Waals surface area contributed by atoms with E-state index in [2.05, 4.69) is 5.32 Å². The van der Waals surface area contributed by atoms with Gasteiger partial charge in [0.05, 0.1) is 4.90 Å². The zero-order valence-electron chi connectivity index (χ0n) is 9.74. The third-order valence-corrected chi connectivity index (χ3v) is 4.89. The van der Waals surface area contributed by atoms with Crippen LogP contribution >= 0.6 is 11.6 Å². The molecule has 1 aromatic carbocycles. The first kappa shape index (κ1) is 12.7. The maximum atomic E-state index is 11.3. The van der Waals surface area contributed by atoms with Crippen molar-refractivity contribution >= 4 is 27.1 Å². The highest BCUT2D eigenvalue weighted by atomic mass is 35.5. The van der Waals surface area contributed by atoms with Crippen molar-refractivity contribution < 1.29 is 8.42 Å². The Morgan fingerprint density at radius 1 is 1.29 bits per heavy atom. The van der Waals surface area contributed by atoms with E-state index in [1.165, 1.54) is 19.1 Å². The lowest BCUT2D eigenvalue weighted by Crippen LogP contribution is -2.16. The zero-order chi connectivity index (χ0) is 12.5. The fourth-order valence-corrected chi connectivity index (χ4v) is 2.64. The lowest BCUT2D eigenvalue weighted by Gasteiger charge is -2.13. The Hall–Kier alpha value is -0.740. The first-order valence-electron chi connectivity index (χ1n) is 5.55. The highest BCUT2D eigenvalue weighted by Gasteiger charge is 2.41. The molecular weight excluding hydrogens is 258 g/mol. The molecule has 0 aliphatic heterocycles. The van der Waals surface area contributed by atoms with Crippen molar-refractivity contribution in [3.63, 3.8) is 0 Å². The molecule has 0 radical (unpaired) electrons. The smallest absolute Gasteiger partial charge is 0.175 e. The normalized spacial score (nSPS) is 17.8. The Balaban J connectivity index is 1.99. The van der Waals surface area contributed by atoms with E-state index in [0.717, 1.165) is 12.2 Å². The summed E-state index contributed by atoms with van der Waals surface area (Å²) < 4.78 is 22.6. The fraction of sp³-hybridized carbons (Fsp3) is 0.500. The quantitative estimate of drug-likeness (QED) is 0.839. The van der Waals surface area contributed by atoms with Crippen molar-refractivity contribution in [2.75, 3.05) is 24.0 Å². The summed E-state index contributed by atoms with van der Waals surface area (Å²) in [6, 6.07) is 6.83. The number of hydrogen-bond donors (Lipinski definition) is 1. The molecule has 0 amide bonds. The molecule has 1 fully saturated rings. The highest BCUT2D eigenvalue weighted by molar-refractivity contribution is 7.90. The molecular formula is C12H16ClNO2S. The number of hydrogen-bond acceptors (Lipinski definition) is 3. The van der Waals surface area contributed by atoms with E-state index in [1.54, 1.807) is 24.3 Å². The first-order chi connectivity index (χ1) is 7.95. The van der Waals surface area contributed by atoms with Crippen LogP contribution in [0.4, 0.5) is 5.69 Å². The van der Waals surface area contributed by atoms with E-state index in [0.29, 0.717) is 10.8 Å². The molecule has 0 atom stereocenters. The van der Waals surface area contributed by atoms with E-state index in [9.17, 15) is 8.42 Å². The van der Waals surface area contributed by atoms with E-state index in [4.69, 9.17) is 11.6 Å². The Morgan fingerprint density at radius 3 is 2.29 bits per heavy atom. The predicted molar refractivity (Wildman–Crippen MR) is 70.4 cm³/mol. The molecule has 1 saturated carbocycles. The third kappa shape index (κ3) is 3.13. The average molecular weight is 274 g/mol. The molecule has 1 aliphatic carbocycles. The number of nitrogens with one attached hydrogen (secondary N) is 1. The largest absolute Gasteiger partial charge is 0.384 e. The van der Waals surface area contributed by atoms with Gasteiger partial charge in [0, 0.05) is 29.8 Å². The number of sulfone groups is 1. The van der Waals surface area contributed by atoms with Crippen LogP contribution in [-0.4, -0.2) is 27.1 Å². The van der Waals surface area contributed by atoms with Crippen LogP contribution in [0.2, 0.25) is 0 Å². The zero-order valence-corrected chi connectivity index (χ0v) is 11.3. The molecule has 2 rings (SSSR count). The molecule has 1 aromatic rings. The van der Waals surface area contributed by atoms with Gasteiger partial charge in [-0.3, -0.25) is 0 Å². The van der Waals surface area contributed by atoms with E-state index in [1.807, 2.05) is 0 Å². The van der Waals surface area contributed by atoms with Crippen molar-refractivity contribution in [2.24, 2.45) is 5.41 Å². The maximum Gasteiger partial charge on any atom is 0.175 e. The van der Waals surface area contributed by atoms with Crippen LogP contribution in [0.15, 0.2) is 29.2 Å². The molecule has 0 unspecified atom stereocenters. The number of rotatable bonds is 5. The summed E-state index contributed by atoms with van der Waals surface area (Å²) >= 11 is 5.89. The lowest BCUT2D eigenvalue weighted by atomic mass is 10.1. The van der Waals surface area contributed by atoms with Crippen LogP contribution < -0.4 is 5.32 Å². The number of halogens is 1. The van der Waals surface area contributed by atoms with Crippen molar-refractivity contribution in [1.29, 1.82) is 0 Å². The number of benzene rings is 1. The summed E-state index contributed by atoms with van der Waals surface area (Å²) in [6.07, 6.45) is 3.55. The van der Waals surface area contributed by atoms with Gasteiger partial charge in [0.2, 0.25) is 0 Å². The minimum absolute atomic E-state index is 0.261. The fourth-order valence-electron chi connectivity index (χ4n) is 1.64. The van der Waals surface area contributed by atoms with Gasteiger partial charge in [-0.2, -0.15) is 0 Å². The van der Waals surface area contributed by atoms with Crippen molar-refractivity contribution in [3.8, 4) is 0 Å². The van der Waals surface area contributed by atoms with Crippen LogP contribution in [0, 0.1) is 5.41 Å². The minimum atomic E-state index is -3.10. The lowest BCUT2D eigenvalue weighted by molar-refractivity contribution is 0.602. The standard InChI is InChI=1S/C12H16ClNO2S/c1-17(15,16)11-4-2-10(3-5-11)14-9-12(8-13)6-7-12/h2-5,14H,6-9H2,1H3. The predicted octanol–water partition coefficient (Wildman–Crippen LogP) is 2.52. The van der Waals surface area contributed by atoms with Crippen LogP contribution in [0.25, 0.3) is 0 Å². The molecule has 0 heterocycles. The molecule has 0 bridgehead atoms. The molecule has 1 aliphatic rings. The molecule has 1 N–H and O–H groups in total.